The third-order valence-electron chi connectivity index (χ3n) is 2.13. The van der Waals surface area contributed by atoms with Gasteiger partial charge in [-0.3, -0.25) is 4.79 Å². The first-order valence-electron chi connectivity index (χ1n) is 5.79. The molecular weight excluding hydrogens is 220 g/mol. The second-order valence-corrected chi connectivity index (χ2v) is 3.71. The molecule has 0 spiro atoms. The second-order valence-electron chi connectivity index (χ2n) is 3.71. The average Bonchev–Trinajstić information content (AvgIpc) is 2.27. The number of nitrogens with one attached hydrogen (secondary N) is 1. The fourth-order valence-electron chi connectivity index (χ4n) is 1.34. The normalized spacial score (nSPS) is 9.41. The molecule has 0 saturated carbocycles. The molecule has 0 atom stereocenters. The Bertz CT molecular complexity index is 284. The number of carboxylic acid groups (broad SMARTS) is 1. The van der Waals surface area contributed by atoms with Gasteiger partial charge in [0.05, 0.1) is 0 Å². The molecule has 5 nitrogen and oxygen atoms in total. The van der Waals surface area contributed by atoms with Crippen molar-refractivity contribution in [3.63, 3.8) is 0 Å². The Hall–Kier alpha value is -1.70. The fraction of sp³-hybridized carbons (Fsp3) is 0.667. The van der Waals surface area contributed by atoms with E-state index in [9.17, 15) is 9.59 Å². The van der Waals surface area contributed by atoms with E-state index in [-0.39, 0.29) is 12.6 Å². The Labute approximate surface area is 102 Å². The van der Waals surface area contributed by atoms with Crippen LogP contribution in [-0.2, 0) is 4.79 Å². The van der Waals surface area contributed by atoms with Gasteiger partial charge in [-0.15, -0.1) is 12.3 Å². The summed E-state index contributed by atoms with van der Waals surface area (Å²) < 4.78 is 0. The quantitative estimate of drug-likeness (QED) is 0.496. The number of urea groups is 1. The third-order valence-corrected chi connectivity index (χ3v) is 2.13. The molecule has 5 heteroatoms. The summed E-state index contributed by atoms with van der Waals surface area (Å²) in [6, 6.07) is -0.324. The molecule has 0 aromatic carbocycles. The average molecular weight is 240 g/mol. The fourth-order valence-corrected chi connectivity index (χ4v) is 1.34. The summed E-state index contributed by atoms with van der Waals surface area (Å²) in [6.45, 7) is 2.61. The monoisotopic (exact) mass is 240 g/mol. The molecule has 0 aliphatic heterocycles. The van der Waals surface area contributed by atoms with E-state index in [2.05, 4.69) is 11.2 Å². The van der Waals surface area contributed by atoms with E-state index < -0.39 is 5.97 Å². The highest BCUT2D eigenvalue weighted by molar-refractivity contribution is 5.80. The molecule has 0 aromatic heterocycles. The van der Waals surface area contributed by atoms with Crippen LogP contribution >= 0.6 is 0 Å². The van der Waals surface area contributed by atoms with Crippen molar-refractivity contribution in [2.24, 2.45) is 0 Å². The van der Waals surface area contributed by atoms with Crippen LogP contribution in [-0.4, -0.2) is 41.6 Å². The molecule has 0 aliphatic carbocycles. The molecule has 0 unspecified atom stereocenters. The van der Waals surface area contributed by atoms with Gasteiger partial charge in [0.15, 0.2) is 0 Å². The van der Waals surface area contributed by atoms with Gasteiger partial charge in [-0.2, -0.15) is 0 Å². The Kier molecular flexibility index (Phi) is 8.57. The molecule has 2 N–H and O–H groups in total. The van der Waals surface area contributed by atoms with Crippen molar-refractivity contribution in [1.29, 1.82) is 0 Å². The van der Waals surface area contributed by atoms with Crippen LogP contribution in [0, 0.1) is 12.3 Å². The van der Waals surface area contributed by atoms with Gasteiger partial charge in [-0.25, -0.2) is 4.79 Å². The van der Waals surface area contributed by atoms with Crippen LogP contribution in [0.1, 0.15) is 32.6 Å². The summed E-state index contributed by atoms with van der Waals surface area (Å²) in [5, 5.41) is 11.3. The minimum atomic E-state index is -0.999. The summed E-state index contributed by atoms with van der Waals surface area (Å²) in [5.41, 5.74) is 0. The molecule has 0 saturated heterocycles. The number of aliphatic carboxylic acids is 1. The van der Waals surface area contributed by atoms with Crippen molar-refractivity contribution in [2.75, 3.05) is 19.6 Å². The molecule has 2 amide bonds. The molecule has 0 bridgehead atoms. The minimum absolute atomic E-state index is 0.260. The molecule has 0 aromatic rings. The zero-order valence-corrected chi connectivity index (χ0v) is 10.2. The van der Waals surface area contributed by atoms with Crippen LogP contribution < -0.4 is 5.32 Å². The predicted molar refractivity (Wildman–Crippen MR) is 65.6 cm³/mol. The summed E-state index contributed by atoms with van der Waals surface area (Å²) in [5.74, 6) is 1.53. The number of carboxylic acids is 1. The molecule has 0 aliphatic rings. The topological polar surface area (TPSA) is 69.6 Å². The van der Waals surface area contributed by atoms with Gasteiger partial charge in [-0.1, -0.05) is 6.92 Å². The maximum atomic E-state index is 11.6. The van der Waals surface area contributed by atoms with Crippen molar-refractivity contribution >= 4 is 12.0 Å². The highest BCUT2D eigenvalue weighted by atomic mass is 16.4. The highest BCUT2D eigenvalue weighted by Crippen LogP contribution is 1.95. The number of nitrogens with zero attached hydrogens (tertiary/aromatic N) is 1. The van der Waals surface area contributed by atoms with Crippen LogP contribution in [0.2, 0.25) is 0 Å². The number of carbonyl (C=O) groups is 2. The van der Waals surface area contributed by atoms with E-state index in [1.165, 1.54) is 4.90 Å². The number of amides is 2. The first kappa shape index (κ1) is 15.3. The summed E-state index contributed by atoms with van der Waals surface area (Å²) in [6.07, 6.45) is 8.21. The number of unbranched alkanes of at least 4 members (excludes halogenated alkanes) is 2. The number of hydrogen-bond acceptors (Lipinski definition) is 2. The van der Waals surface area contributed by atoms with Crippen LogP contribution in [0.5, 0.6) is 0 Å². The van der Waals surface area contributed by atoms with E-state index in [1.807, 2.05) is 6.92 Å². The third kappa shape index (κ3) is 8.14. The zero-order valence-electron chi connectivity index (χ0n) is 10.2. The summed E-state index contributed by atoms with van der Waals surface area (Å²) >= 11 is 0. The number of terminal acetylenes is 1. The van der Waals surface area contributed by atoms with Crippen LogP contribution in [0.15, 0.2) is 0 Å². The van der Waals surface area contributed by atoms with Gasteiger partial charge < -0.3 is 15.3 Å². The predicted octanol–water partition coefficient (Wildman–Crippen LogP) is 1.30. The smallest absolute Gasteiger partial charge is 0.323 e. The standard InChI is InChI=1S/C12H20N2O3/c1-3-5-6-7-8-13-12(17)14(9-4-2)10-11(15)16/h1H,4-10H2,2H3,(H,13,17)(H,15,16). The Balaban J connectivity index is 3.89. The first-order chi connectivity index (χ1) is 8.11. The van der Waals surface area contributed by atoms with E-state index in [1.54, 1.807) is 0 Å². The lowest BCUT2D eigenvalue weighted by molar-refractivity contribution is -0.137. The lowest BCUT2D eigenvalue weighted by Gasteiger charge is -2.20. The van der Waals surface area contributed by atoms with Gasteiger partial charge >= 0.3 is 12.0 Å². The summed E-state index contributed by atoms with van der Waals surface area (Å²) in [4.78, 5) is 23.5. The molecule has 0 fully saturated rings. The molecule has 0 radical (unpaired) electrons. The first-order valence-corrected chi connectivity index (χ1v) is 5.79. The van der Waals surface area contributed by atoms with Gasteiger partial charge in [0.1, 0.15) is 6.54 Å². The number of hydrogen-bond donors (Lipinski definition) is 2. The number of carbonyl (C=O) groups excluding carboxylic acids is 1. The zero-order chi connectivity index (χ0) is 13.1. The lowest BCUT2D eigenvalue weighted by Crippen LogP contribution is -2.43. The van der Waals surface area contributed by atoms with Crippen molar-refractivity contribution in [1.82, 2.24) is 10.2 Å². The van der Waals surface area contributed by atoms with Gasteiger partial charge in [-0.05, 0) is 19.3 Å². The van der Waals surface area contributed by atoms with E-state index in [0.29, 0.717) is 19.5 Å². The Morgan fingerprint density at radius 1 is 1.41 bits per heavy atom. The Morgan fingerprint density at radius 2 is 2.12 bits per heavy atom. The maximum Gasteiger partial charge on any atom is 0.323 e. The second kappa shape index (κ2) is 9.52. The summed E-state index contributed by atoms with van der Waals surface area (Å²) in [7, 11) is 0. The van der Waals surface area contributed by atoms with Gasteiger partial charge in [0.2, 0.25) is 0 Å². The van der Waals surface area contributed by atoms with Crippen LogP contribution in [0.25, 0.3) is 0 Å². The molecule has 17 heavy (non-hydrogen) atoms. The van der Waals surface area contributed by atoms with E-state index >= 15 is 0 Å². The SMILES string of the molecule is C#CCCCCNC(=O)N(CCC)CC(=O)O. The molecule has 96 valence electrons. The minimum Gasteiger partial charge on any atom is -0.480 e. The van der Waals surface area contributed by atoms with Gasteiger partial charge in [0.25, 0.3) is 0 Å². The van der Waals surface area contributed by atoms with Crippen molar-refractivity contribution in [3.8, 4) is 12.3 Å². The largest absolute Gasteiger partial charge is 0.480 e. The van der Waals surface area contributed by atoms with E-state index in [0.717, 1.165) is 19.3 Å². The van der Waals surface area contributed by atoms with Crippen LogP contribution in [0.3, 0.4) is 0 Å². The van der Waals surface area contributed by atoms with Crippen molar-refractivity contribution in [3.05, 3.63) is 0 Å². The Morgan fingerprint density at radius 3 is 2.65 bits per heavy atom. The number of rotatable bonds is 8. The van der Waals surface area contributed by atoms with E-state index in [4.69, 9.17) is 11.5 Å². The highest BCUT2D eigenvalue weighted by Gasteiger charge is 2.14. The maximum absolute atomic E-state index is 11.6. The molecule has 0 heterocycles. The van der Waals surface area contributed by atoms with Crippen molar-refractivity contribution < 1.29 is 14.7 Å². The van der Waals surface area contributed by atoms with Gasteiger partial charge in [0, 0.05) is 19.5 Å². The lowest BCUT2D eigenvalue weighted by atomic mass is 10.2. The van der Waals surface area contributed by atoms with Crippen molar-refractivity contribution in [2.45, 2.75) is 32.6 Å². The van der Waals surface area contributed by atoms with Crippen LogP contribution in [0.4, 0.5) is 4.79 Å². The molecule has 0 rings (SSSR count). The molecular formula is C12H20N2O3.